The van der Waals surface area contributed by atoms with Gasteiger partial charge < -0.3 is 15.0 Å². The molecule has 0 aromatic rings. The van der Waals surface area contributed by atoms with Gasteiger partial charge in [-0.15, -0.1) is 0 Å². The van der Waals surface area contributed by atoms with Gasteiger partial charge in [-0.25, -0.2) is 0 Å². The molecule has 2 heterocycles. The summed E-state index contributed by atoms with van der Waals surface area (Å²) < 4.78 is 5.42. The van der Waals surface area contributed by atoms with E-state index in [-0.39, 0.29) is 0 Å². The maximum atomic E-state index is 5.42. The third kappa shape index (κ3) is 2.26. The van der Waals surface area contributed by atoms with Gasteiger partial charge in [0.2, 0.25) is 0 Å². The molecule has 2 fully saturated rings. The van der Waals surface area contributed by atoms with Gasteiger partial charge in [-0.05, 0) is 12.8 Å². The third-order valence-electron chi connectivity index (χ3n) is 4.14. The van der Waals surface area contributed by atoms with Crippen molar-refractivity contribution in [2.75, 3.05) is 53.0 Å². The van der Waals surface area contributed by atoms with Gasteiger partial charge in [-0.2, -0.15) is 0 Å². The average molecular weight is 238 g/mol. The van der Waals surface area contributed by atoms with Crippen LogP contribution in [0.5, 0.6) is 0 Å². The minimum Gasteiger partial charge on any atom is -0.379 e. The molecule has 96 valence electrons. The van der Waals surface area contributed by atoms with Crippen molar-refractivity contribution in [2.24, 2.45) is 4.99 Å². The maximum absolute atomic E-state index is 5.42. The standard InChI is InChI=1S/C12H22N4O/c1-15-5-4-13-11(15)14-10-12(2-3-12)16-6-8-17-9-7-16/h2-10H2,1H3,(H,13,14). The quantitative estimate of drug-likeness (QED) is 0.735. The summed E-state index contributed by atoms with van der Waals surface area (Å²) in [6.45, 7) is 6.98. The van der Waals surface area contributed by atoms with E-state index >= 15 is 0 Å². The van der Waals surface area contributed by atoms with Crippen LogP contribution in [0.25, 0.3) is 0 Å². The summed E-state index contributed by atoms with van der Waals surface area (Å²) in [4.78, 5) is 9.28. The van der Waals surface area contributed by atoms with Crippen LogP contribution in [0.4, 0.5) is 0 Å². The Morgan fingerprint density at radius 1 is 1.29 bits per heavy atom. The first-order valence-corrected chi connectivity index (χ1v) is 6.62. The Kier molecular flexibility index (Phi) is 2.96. The number of aliphatic imine (C=N–C) groups is 1. The molecule has 0 bridgehead atoms. The molecule has 0 radical (unpaired) electrons. The van der Waals surface area contributed by atoms with Crippen molar-refractivity contribution in [3.8, 4) is 0 Å². The number of hydrogen-bond donors (Lipinski definition) is 1. The summed E-state index contributed by atoms with van der Waals surface area (Å²) in [7, 11) is 2.10. The topological polar surface area (TPSA) is 40.1 Å². The van der Waals surface area contributed by atoms with Gasteiger partial charge in [0.25, 0.3) is 0 Å². The first-order chi connectivity index (χ1) is 8.30. The summed E-state index contributed by atoms with van der Waals surface area (Å²) in [5.74, 6) is 1.07. The Balaban J connectivity index is 1.53. The second-order valence-electron chi connectivity index (χ2n) is 5.30. The molecule has 0 aromatic carbocycles. The summed E-state index contributed by atoms with van der Waals surface area (Å²) in [5.41, 5.74) is 0.399. The molecule has 2 aliphatic heterocycles. The van der Waals surface area contributed by atoms with Crippen LogP contribution in [0.2, 0.25) is 0 Å². The van der Waals surface area contributed by atoms with Gasteiger partial charge in [-0.3, -0.25) is 9.89 Å². The second kappa shape index (κ2) is 4.46. The van der Waals surface area contributed by atoms with E-state index in [1.165, 1.54) is 12.8 Å². The van der Waals surface area contributed by atoms with E-state index in [4.69, 9.17) is 4.74 Å². The molecule has 3 aliphatic rings. The Morgan fingerprint density at radius 3 is 2.65 bits per heavy atom. The number of morpholine rings is 1. The average Bonchev–Trinajstić information content (AvgIpc) is 3.06. The summed E-state index contributed by atoms with van der Waals surface area (Å²) in [6.07, 6.45) is 2.63. The largest absolute Gasteiger partial charge is 0.379 e. The van der Waals surface area contributed by atoms with Crippen LogP contribution in [0.3, 0.4) is 0 Å². The molecule has 0 atom stereocenters. The van der Waals surface area contributed by atoms with Gasteiger partial charge in [0.15, 0.2) is 5.96 Å². The lowest BCUT2D eigenvalue weighted by Gasteiger charge is -2.35. The summed E-state index contributed by atoms with van der Waals surface area (Å²) in [6, 6.07) is 0. The predicted octanol–water partition coefficient (Wildman–Crippen LogP) is -0.258. The predicted molar refractivity (Wildman–Crippen MR) is 67.3 cm³/mol. The maximum Gasteiger partial charge on any atom is 0.193 e. The summed E-state index contributed by atoms with van der Waals surface area (Å²) >= 11 is 0. The van der Waals surface area contributed by atoms with Crippen molar-refractivity contribution in [1.29, 1.82) is 0 Å². The number of rotatable bonds is 3. The SMILES string of the molecule is CN1CCN=C1NCC1(N2CCOCC2)CC1. The zero-order chi connectivity index (χ0) is 11.7. The molecule has 5 nitrogen and oxygen atoms in total. The van der Waals surface area contributed by atoms with Crippen molar-refractivity contribution in [1.82, 2.24) is 15.1 Å². The van der Waals surface area contributed by atoms with E-state index in [0.717, 1.165) is 51.9 Å². The monoisotopic (exact) mass is 238 g/mol. The number of ether oxygens (including phenoxy) is 1. The zero-order valence-electron chi connectivity index (χ0n) is 10.6. The van der Waals surface area contributed by atoms with E-state index in [1.807, 2.05) is 0 Å². The summed E-state index contributed by atoms with van der Waals surface area (Å²) in [5, 5.41) is 3.52. The Labute approximate surface area is 103 Å². The van der Waals surface area contributed by atoms with E-state index in [9.17, 15) is 0 Å². The molecule has 5 heteroatoms. The number of nitrogens with zero attached hydrogens (tertiary/aromatic N) is 3. The molecule has 1 aliphatic carbocycles. The van der Waals surface area contributed by atoms with Crippen LogP contribution in [0.1, 0.15) is 12.8 Å². The number of likely N-dealkylation sites (N-methyl/N-ethyl adjacent to an activating group) is 1. The highest BCUT2D eigenvalue weighted by atomic mass is 16.5. The molecular weight excluding hydrogens is 216 g/mol. The van der Waals surface area contributed by atoms with E-state index in [2.05, 4.69) is 27.2 Å². The Hall–Kier alpha value is -0.810. The van der Waals surface area contributed by atoms with Crippen molar-refractivity contribution >= 4 is 5.96 Å². The van der Waals surface area contributed by atoms with Gasteiger partial charge in [-0.1, -0.05) is 0 Å². The number of nitrogens with one attached hydrogen (secondary N) is 1. The van der Waals surface area contributed by atoms with Crippen molar-refractivity contribution in [3.63, 3.8) is 0 Å². The smallest absolute Gasteiger partial charge is 0.193 e. The normalized spacial score (nSPS) is 28.1. The van der Waals surface area contributed by atoms with Gasteiger partial charge in [0.1, 0.15) is 0 Å². The molecule has 1 saturated heterocycles. The van der Waals surface area contributed by atoms with Crippen LogP contribution in [-0.2, 0) is 4.74 Å². The van der Waals surface area contributed by atoms with Gasteiger partial charge in [0.05, 0.1) is 19.8 Å². The molecule has 1 N–H and O–H groups in total. The highest BCUT2D eigenvalue weighted by Gasteiger charge is 2.48. The highest BCUT2D eigenvalue weighted by Crippen LogP contribution is 2.41. The van der Waals surface area contributed by atoms with Crippen LogP contribution in [-0.4, -0.2) is 74.3 Å². The number of hydrogen-bond acceptors (Lipinski definition) is 5. The number of guanidine groups is 1. The van der Waals surface area contributed by atoms with E-state index in [1.54, 1.807) is 0 Å². The zero-order valence-corrected chi connectivity index (χ0v) is 10.6. The molecule has 17 heavy (non-hydrogen) atoms. The Bertz CT molecular complexity index is 308. The second-order valence-corrected chi connectivity index (χ2v) is 5.30. The van der Waals surface area contributed by atoms with Crippen LogP contribution in [0, 0.1) is 0 Å². The molecule has 3 rings (SSSR count). The molecule has 1 saturated carbocycles. The first kappa shape index (κ1) is 11.3. The fraction of sp³-hybridized carbons (Fsp3) is 0.917. The van der Waals surface area contributed by atoms with Gasteiger partial charge >= 0.3 is 0 Å². The third-order valence-corrected chi connectivity index (χ3v) is 4.14. The van der Waals surface area contributed by atoms with Crippen LogP contribution in [0.15, 0.2) is 4.99 Å². The fourth-order valence-corrected chi connectivity index (χ4v) is 2.75. The highest BCUT2D eigenvalue weighted by molar-refractivity contribution is 5.81. The minimum atomic E-state index is 0.399. The van der Waals surface area contributed by atoms with E-state index < -0.39 is 0 Å². The fourth-order valence-electron chi connectivity index (χ4n) is 2.75. The Morgan fingerprint density at radius 2 is 2.06 bits per heavy atom. The van der Waals surface area contributed by atoms with Crippen LogP contribution >= 0.6 is 0 Å². The van der Waals surface area contributed by atoms with Crippen molar-refractivity contribution < 1.29 is 4.74 Å². The van der Waals surface area contributed by atoms with Crippen LogP contribution < -0.4 is 5.32 Å². The van der Waals surface area contributed by atoms with Crippen molar-refractivity contribution in [2.45, 2.75) is 18.4 Å². The molecule has 0 unspecified atom stereocenters. The van der Waals surface area contributed by atoms with Gasteiger partial charge in [0, 0.05) is 38.8 Å². The van der Waals surface area contributed by atoms with E-state index in [0.29, 0.717) is 5.54 Å². The first-order valence-electron chi connectivity index (χ1n) is 6.62. The molecule has 0 aromatic heterocycles. The molecule has 0 spiro atoms. The minimum absolute atomic E-state index is 0.399. The lowest BCUT2D eigenvalue weighted by molar-refractivity contribution is 0.0105. The lowest BCUT2D eigenvalue weighted by atomic mass is 10.2. The molecular formula is C12H22N4O. The lowest BCUT2D eigenvalue weighted by Crippen LogP contribution is -2.51. The van der Waals surface area contributed by atoms with Crippen molar-refractivity contribution in [3.05, 3.63) is 0 Å². The molecule has 0 amide bonds.